The molecule has 4 nitrogen and oxygen atoms in total. The molecule has 0 aromatic heterocycles. The van der Waals surface area contributed by atoms with E-state index in [0.29, 0.717) is 18.7 Å². The molecule has 0 aliphatic carbocycles. The van der Waals surface area contributed by atoms with Crippen LogP contribution in [0.1, 0.15) is 18.4 Å². The van der Waals surface area contributed by atoms with Gasteiger partial charge in [-0.25, -0.2) is 0 Å². The van der Waals surface area contributed by atoms with Gasteiger partial charge in [0, 0.05) is 17.9 Å². The van der Waals surface area contributed by atoms with Gasteiger partial charge in [-0.1, -0.05) is 17.7 Å². The molecule has 0 bridgehead atoms. The number of carboxylic acids is 1. The first kappa shape index (κ1) is 14.6. The van der Waals surface area contributed by atoms with Crippen LogP contribution < -0.4 is 5.32 Å². The highest BCUT2D eigenvalue weighted by Gasteiger charge is 2.03. The van der Waals surface area contributed by atoms with Crippen LogP contribution in [0.5, 0.6) is 0 Å². The molecule has 0 aliphatic rings. The van der Waals surface area contributed by atoms with Crippen LogP contribution in [0.4, 0.5) is 0 Å². The molecule has 2 N–H and O–H groups in total. The van der Waals surface area contributed by atoms with E-state index in [4.69, 9.17) is 5.11 Å². The monoisotopic (exact) mass is 267 g/mol. The van der Waals surface area contributed by atoms with Crippen LogP contribution in [0, 0.1) is 6.92 Å². The lowest BCUT2D eigenvalue weighted by atomic mass is 10.2. The fourth-order valence-electron chi connectivity index (χ4n) is 1.30. The number of thioether (sulfide) groups is 1. The summed E-state index contributed by atoms with van der Waals surface area (Å²) in [7, 11) is 0. The zero-order valence-electron chi connectivity index (χ0n) is 10.3. The van der Waals surface area contributed by atoms with Crippen molar-refractivity contribution in [3.63, 3.8) is 0 Å². The van der Waals surface area contributed by atoms with Gasteiger partial charge in [0.15, 0.2) is 0 Å². The molecule has 1 amide bonds. The van der Waals surface area contributed by atoms with E-state index in [1.54, 1.807) is 0 Å². The van der Waals surface area contributed by atoms with E-state index >= 15 is 0 Å². The van der Waals surface area contributed by atoms with Crippen LogP contribution in [0.2, 0.25) is 0 Å². The first-order valence-corrected chi connectivity index (χ1v) is 6.74. The highest BCUT2D eigenvalue weighted by molar-refractivity contribution is 8.00. The Kier molecular flexibility index (Phi) is 6.28. The van der Waals surface area contributed by atoms with Gasteiger partial charge in [-0.05, 0) is 25.5 Å². The van der Waals surface area contributed by atoms with Crippen LogP contribution in [-0.2, 0) is 9.59 Å². The summed E-state index contributed by atoms with van der Waals surface area (Å²) in [5.41, 5.74) is 1.19. The number of rotatable bonds is 7. The van der Waals surface area contributed by atoms with E-state index in [-0.39, 0.29) is 12.3 Å². The average molecular weight is 267 g/mol. The van der Waals surface area contributed by atoms with Crippen molar-refractivity contribution in [2.75, 3.05) is 12.3 Å². The van der Waals surface area contributed by atoms with Gasteiger partial charge in [-0.3, -0.25) is 9.59 Å². The maximum Gasteiger partial charge on any atom is 0.303 e. The zero-order valence-corrected chi connectivity index (χ0v) is 11.1. The van der Waals surface area contributed by atoms with E-state index in [0.717, 1.165) is 4.90 Å². The highest BCUT2D eigenvalue weighted by atomic mass is 32.2. The summed E-state index contributed by atoms with van der Waals surface area (Å²) in [6, 6.07) is 7.98. The number of carbonyl (C=O) groups is 2. The third kappa shape index (κ3) is 6.30. The quantitative estimate of drug-likeness (QED) is 0.586. The van der Waals surface area contributed by atoms with Crippen molar-refractivity contribution in [1.82, 2.24) is 5.32 Å². The molecule has 0 heterocycles. The molecule has 0 radical (unpaired) electrons. The van der Waals surface area contributed by atoms with Gasteiger partial charge in [0.2, 0.25) is 5.91 Å². The van der Waals surface area contributed by atoms with Crippen molar-refractivity contribution in [3.8, 4) is 0 Å². The Labute approximate surface area is 111 Å². The van der Waals surface area contributed by atoms with Gasteiger partial charge in [0.1, 0.15) is 0 Å². The molecule has 0 atom stereocenters. The molecule has 1 rings (SSSR count). The highest BCUT2D eigenvalue weighted by Crippen LogP contribution is 2.17. The van der Waals surface area contributed by atoms with Gasteiger partial charge in [0.25, 0.3) is 0 Å². The van der Waals surface area contributed by atoms with Crippen LogP contribution in [0.3, 0.4) is 0 Å². The summed E-state index contributed by atoms with van der Waals surface area (Å²) in [6.45, 7) is 2.43. The minimum Gasteiger partial charge on any atom is -0.481 e. The Morgan fingerprint density at radius 3 is 2.56 bits per heavy atom. The Bertz CT molecular complexity index is 403. The number of hydrogen-bond donors (Lipinski definition) is 2. The Balaban J connectivity index is 2.17. The molecule has 0 saturated carbocycles. The number of aryl methyl sites for hydroxylation is 1. The lowest BCUT2D eigenvalue weighted by Gasteiger charge is -2.04. The van der Waals surface area contributed by atoms with Crippen LogP contribution in [0.15, 0.2) is 29.2 Å². The standard InChI is InChI=1S/C13H17NO3S/c1-10-4-6-11(7-5-10)18-9-12(15)14-8-2-3-13(16)17/h4-7H,2-3,8-9H2,1H3,(H,14,15)(H,16,17). The SMILES string of the molecule is Cc1ccc(SCC(=O)NCCCC(=O)O)cc1. The number of aliphatic carboxylic acids is 1. The third-order valence-electron chi connectivity index (χ3n) is 2.28. The maximum absolute atomic E-state index is 11.4. The summed E-state index contributed by atoms with van der Waals surface area (Å²) in [5.74, 6) is -0.542. The maximum atomic E-state index is 11.4. The molecule has 1 aromatic rings. The number of benzene rings is 1. The summed E-state index contributed by atoms with van der Waals surface area (Å²) in [6.07, 6.45) is 0.557. The van der Waals surface area contributed by atoms with Crippen molar-refractivity contribution >= 4 is 23.6 Å². The molecular formula is C13H17NO3S. The lowest BCUT2D eigenvalue weighted by molar-refractivity contribution is -0.137. The number of carbonyl (C=O) groups excluding carboxylic acids is 1. The predicted molar refractivity (Wildman–Crippen MR) is 71.8 cm³/mol. The van der Waals surface area contributed by atoms with Gasteiger partial charge in [-0.2, -0.15) is 0 Å². The summed E-state index contributed by atoms with van der Waals surface area (Å²) in [5, 5.41) is 11.1. The van der Waals surface area contributed by atoms with Crippen molar-refractivity contribution in [3.05, 3.63) is 29.8 Å². The van der Waals surface area contributed by atoms with Crippen LogP contribution >= 0.6 is 11.8 Å². The largest absolute Gasteiger partial charge is 0.481 e. The first-order valence-electron chi connectivity index (χ1n) is 5.76. The second-order valence-corrected chi connectivity index (χ2v) is 5.00. The van der Waals surface area contributed by atoms with E-state index < -0.39 is 5.97 Å². The Morgan fingerprint density at radius 2 is 1.94 bits per heavy atom. The molecule has 0 saturated heterocycles. The van der Waals surface area contributed by atoms with Gasteiger partial charge in [-0.15, -0.1) is 11.8 Å². The lowest BCUT2D eigenvalue weighted by Crippen LogP contribution is -2.26. The van der Waals surface area contributed by atoms with Crippen molar-refractivity contribution in [2.45, 2.75) is 24.7 Å². The minimum atomic E-state index is -0.835. The predicted octanol–water partition coefficient (Wildman–Crippen LogP) is 2.07. The first-order chi connectivity index (χ1) is 8.58. The van der Waals surface area contributed by atoms with Crippen molar-refractivity contribution in [2.24, 2.45) is 0 Å². The van der Waals surface area contributed by atoms with E-state index in [1.807, 2.05) is 31.2 Å². The zero-order chi connectivity index (χ0) is 13.4. The average Bonchev–Trinajstić information content (AvgIpc) is 2.34. The van der Waals surface area contributed by atoms with Crippen LogP contribution in [-0.4, -0.2) is 29.3 Å². The molecule has 1 aromatic carbocycles. The minimum absolute atomic E-state index is 0.0639. The summed E-state index contributed by atoms with van der Waals surface area (Å²) in [4.78, 5) is 22.8. The normalized spacial score (nSPS) is 10.1. The van der Waals surface area contributed by atoms with Gasteiger partial charge >= 0.3 is 5.97 Å². The Morgan fingerprint density at radius 1 is 1.28 bits per heavy atom. The third-order valence-corrected chi connectivity index (χ3v) is 3.29. The molecule has 0 fully saturated rings. The molecule has 18 heavy (non-hydrogen) atoms. The molecule has 98 valence electrons. The summed E-state index contributed by atoms with van der Waals surface area (Å²) < 4.78 is 0. The fourth-order valence-corrected chi connectivity index (χ4v) is 2.03. The molecule has 0 unspecified atom stereocenters. The fraction of sp³-hybridized carbons (Fsp3) is 0.385. The Hall–Kier alpha value is -1.49. The number of hydrogen-bond acceptors (Lipinski definition) is 3. The van der Waals surface area contributed by atoms with Crippen molar-refractivity contribution in [1.29, 1.82) is 0 Å². The van der Waals surface area contributed by atoms with E-state index in [9.17, 15) is 9.59 Å². The van der Waals surface area contributed by atoms with E-state index in [1.165, 1.54) is 17.3 Å². The smallest absolute Gasteiger partial charge is 0.303 e. The molecule has 0 spiro atoms. The number of amides is 1. The molecule has 0 aliphatic heterocycles. The number of carboxylic acid groups (broad SMARTS) is 1. The van der Waals surface area contributed by atoms with Crippen LogP contribution in [0.25, 0.3) is 0 Å². The second-order valence-electron chi connectivity index (χ2n) is 3.95. The second kappa shape index (κ2) is 7.76. The number of nitrogens with one attached hydrogen (secondary N) is 1. The topological polar surface area (TPSA) is 66.4 Å². The van der Waals surface area contributed by atoms with Crippen molar-refractivity contribution < 1.29 is 14.7 Å². The summed E-state index contributed by atoms with van der Waals surface area (Å²) >= 11 is 1.47. The molecule has 5 heteroatoms. The van der Waals surface area contributed by atoms with Gasteiger partial charge in [0.05, 0.1) is 5.75 Å². The molecular weight excluding hydrogens is 250 g/mol. The van der Waals surface area contributed by atoms with Gasteiger partial charge < -0.3 is 10.4 Å². The van der Waals surface area contributed by atoms with E-state index in [2.05, 4.69) is 5.32 Å².